The van der Waals surface area contributed by atoms with E-state index in [9.17, 15) is 9.59 Å². The van der Waals surface area contributed by atoms with E-state index in [0.29, 0.717) is 17.0 Å². The summed E-state index contributed by atoms with van der Waals surface area (Å²) in [5.41, 5.74) is 3.25. The molecule has 0 saturated heterocycles. The number of hydrogen-bond donors (Lipinski definition) is 1. The highest BCUT2D eigenvalue weighted by Crippen LogP contribution is 2.30. The summed E-state index contributed by atoms with van der Waals surface area (Å²) in [6.07, 6.45) is 1.41. The standard InChI is InChI=1S/C22H20N2O4/c1-3-24-19-7-5-4-6-17(19)18-12-15(8-9-20(18)24)23-21(25)13-28-22(26)16-10-11-27-14(16)2/h4-12H,3,13H2,1-2H3,(H,23,25). The lowest BCUT2D eigenvalue weighted by Gasteiger charge is -2.07. The van der Waals surface area contributed by atoms with Crippen molar-refractivity contribution >= 4 is 39.4 Å². The minimum Gasteiger partial charge on any atom is -0.469 e. The van der Waals surface area contributed by atoms with Crippen molar-refractivity contribution in [2.75, 3.05) is 11.9 Å². The molecule has 2 aromatic heterocycles. The van der Waals surface area contributed by atoms with E-state index in [4.69, 9.17) is 9.15 Å². The first-order chi connectivity index (χ1) is 13.6. The monoisotopic (exact) mass is 376 g/mol. The molecule has 0 bridgehead atoms. The summed E-state index contributed by atoms with van der Waals surface area (Å²) in [6.45, 7) is 4.27. The zero-order chi connectivity index (χ0) is 19.7. The summed E-state index contributed by atoms with van der Waals surface area (Å²) in [7, 11) is 0. The fourth-order valence-corrected chi connectivity index (χ4v) is 3.47. The van der Waals surface area contributed by atoms with Gasteiger partial charge < -0.3 is 19.0 Å². The highest BCUT2D eigenvalue weighted by Gasteiger charge is 2.15. The van der Waals surface area contributed by atoms with Gasteiger partial charge in [0.2, 0.25) is 0 Å². The van der Waals surface area contributed by atoms with Crippen LogP contribution in [0, 0.1) is 6.92 Å². The smallest absolute Gasteiger partial charge is 0.342 e. The van der Waals surface area contributed by atoms with Gasteiger partial charge in [0.15, 0.2) is 6.61 Å². The van der Waals surface area contributed by atoms with Gasteiger partial charge in [-0.3, -0.25) is 4.79 Å². The molecule has 2 heterocycles. The van der Waals surface area contributed by atoms with Gasteiger partial charge >= 0.3 is 5.97 Å². The van der Waals surface area contributed by atoms with Crippen LogP contribution in [0.4, 0.5) is 5.69 Å². The third-order valence-corrected chi connectivity index (χ3v) is 4.79. The fraction of sp³-hybridized carbons (Fsp3) is 0.182. The Labute approximate surface area is 161 Å². The second-order valence-corrected chi connectivity index (χ2v) is 6.51. The molecular weight excluding hydrogens is 356 g/mol. The number of carbonyl (C=O) groups excluding carboxylic acids is 2. The van der Waals surface area contributed by atoms with Crippen molar-refractivity contribution in [1.29, 1.82) is 0 Å². The Bertz CT molecular complexity index is 1190. The summed E-state index contributed by atoms with van der Waals surface area (Å²) in [4.78, 5) is 24.2. The molecule has 0 aliphatic rings. The second kappa shape index (κ2) is 7.23. The molecule has 1 amide bonds. The molecule has 0 atom stereocenters. The Morgan fingerprint density at radius 2 is 1.86 bits per heavy atom. The van der Waals surface area contributed by atoms with Crippen LogP contribution in [-0.2, 0) is 16.1 Å². The average molecular weight is 376 g/mol. The maximum absolute atomic E-state index is 12.2. The molecule has 0 saturated carbocycles. The van der Waals surface area contributed by atoms with Gasteiger partial charge in [0.25, 0.3) is 5.91 Å². The fourth-order valence-electron chi connectivity index (χ4n) is 3.47. The summed E-state index contributed by atoms with van der Waals surface area (Å²) in [5.74, 6) is -0.515. The van der Waals surface area contributed by atoms with E-state index in [1.54, 1.807) is 6.92 Å². The lowest BCUT2D eigenvalue weighted by Crippen LogP contribution is -2.21. The largest absolute Gasteiger partial charge is 0.469 e. The highest BCUT2D eigenvalue weighted by molar-refractivity contribution is 6.10. The first-order valence-electron chi connectivity index (χ1n) is 9.10. The molecule has 0 fully saturated rings. The molecule has 6 nitrogen and oxygen atoms in total. The number of furan rings is 1. The number of nitrogens with zero attached hydrogens (tertiary/aromatic N) is 1. The zero-order valence-electron chi connectivity index (χ0n) is 15.7. The highest BCUT2D eigenvalue weighted by atomic mass is 16.5. The van der Waals surface area contributed by atoms with Crippen LogP contribution in [0.1, 0.15) is 23.0 Å². The van der Waals surface area contributed by atoms with Gasteiger partial charge in [-0.05, 0) is 44.2 Å². The van der Waals surface area contributed by atoms with Gasteiger partial charge in [0, 0.05) is 34.0 Å². The zero-order valence-corrected chi connectivity index (χ0v) is 15.7. The number of benzene rings is 2. The number of anilines is 1. The molecule has 0 unspecified atom stereocenters. The number of para-hydroxylation sites is 1. The van der Waals surface area contributed by atoms with Crippen LogP contribution in [0.2, 0.25) is 0 Å². The van der Waals surface area contributed by atoms with Crippen molar-refractivity contribution in [2.24, 2.45) is 0 Å². The SMILES string of the molecule is CCn1c2ccccc2c2cc(NC(=O)COC(=O)c3ccoc3C)ccc21. The van der Waals surface area contributed by atoms with Crippen LogP contribution < -0.4 is 5.32 Å². The summed E-state index contributed by atoms with van der Waals surface area (Å²) in [6, 6.07) is 15.5. The molecule has 0 spiro atoms. The molecule has 6 heteroatoms. The van der Waals surface area contributed by atoms with E-state index < -0.39 is 11.9 Å². The van der Waals surface area contributed by atoms with Gasteiger partial charge in [-0.25, -0.2) is 4.79 Å². The number of esters is 1. The summed E-state index contributed by atoms with van der Waals surface area (Å²) in [5, 5.41) is 5.00. The first-order valence-corrected chi connectivity index (χ1v) is 9.10. The van der Waals surface area contributed by atoms with Crippen LogP contribution in [0.15, 0.2) is 59.2 Å². The van der Waals surface area contributed by atoms with E-state index in [1.165, 1.54) is 12.3 Å². The van der Waals surface area contributed by atoms with Gasteiger partial charge in [0.05, 0.1) is 6.26 Å². The third-order valence-electron chi connectivity index (χ3n) is 4.79. The molecule has 0 aliphatic heterocycles. The van der Waals surface area contributed by atoms with Crippen LogP contribution in [0.3, 0.4) is 0 Å². The van der Waals surface area contributed by atoms with Crippen molar-refractivity contribution in [3.63, 3.8) is 0 Å². The van der Waals surface area contributed by atoms with E-state index >= 15 is 0 Å². The quantitative estimate of drug-likeness (QED) is 0.520. The molecule has 28 heavy (non-hydrogen) atoms. The second-order valence-electron chi connectivity index (χ2n) is 6.51. The maximum Gasteiger partial charge on any atom is 0.342 e. The Balaban J connectivity index is 1.52. The topological polar surface area (TPSA) is 73.5 Å². The summed E-state index contributed by atoms with van der Waals surface area (Å²) < 4.78 is 12.4. The Morgan fingerprint density at radius 3 is 2.61 bits per heavy atom. The summed E-state index contributed by atoms with van der Waals surface area (Å²) >= 11 is 0. The van der Waals surface area contributed by atoms with Crippen molar-refractivity contribution < 1.29 is 18.7 Å². The van der Waals surface area contributed by atoms with Crippen LogP contribution >= 0.6 is 0 Å². The lowest BCUT2D eigenvalue weighted by atomic mass is 10.1. The number of aryl methyl sites for hydroxylation is 2. The van der Waals surface area contributed by atoms with Crippen LogP contribution in [0.5, 0.6) is 0 Å². The van der Waals surface area contributed by atoms with Crippen molar-refractivity contribution in [2.45, 2.75) is 20.4 Å². The van der Waals surface area contributed by atoms with Gasteiger partial charge in [-0.1, -0.05) is 18.2 Å². The Kier molecular flexibility index (Phi) is 4.61. The number of carbonyl (C=O) groups is 2. The number of rotatable bonds is 5. The third kappa shape index (κ3) is 3.13. The molecule has 142 valence electrons. The van der Waals surface area contributed by atoms with Gasteiger partial charge in [0.1, 0.15) is 11.3 Å². The van der Waals surface area contributed by atoms with Crippen molar-refractivity contribution in [1.82, 2.24) is 4.57 Å². The molecule has 4 aromatic rings. The van der Waals surface area contributed by atoms with Gasteiger partial charge in [-0.15, -0.1) is 0 Å². The van der Waals surface area contributed by atoms with E-state index in [2.05, 4.69) is 28.9 Å². The number of aromatic nitrogens is 1. The predicted octanol–water partition coefficient (Wildman–Crippen LogP) is 4.51. The molecule has 2 aromatic carbocycles. The van der Waals surface area contributed by atoms with E-state index in [1.807, 2.05) is 30.3 Å². The first kappa shape index (κ1) is 17.9. The molecule has 0 radical (unpaired) electrons. The van der Waals surface area contributed by atoms with Gasteiger partial charge in [-0.2, -0.15) is 0 Å². The average Bonchev–Trinajstić information content (AvgIpc) is 3.27. The van der Waals surface area contributed by atoms with E-state index in [0.717, 1.165) is 28.4 Å². The molecule has 0 aliphatic carbocycles. The number of nitrogens with one attached hydrogen (secondary N) is 1. The lowest BCUT2D eigenvalue weighted by molar-refractivity contribution is -0.119. The number of ether oxygens (including phenoxy) is 1. The minimum atomic E-state index is -0.581. The van der Waals surface area contributed by atoms with Crippen LogP contribution in [-0.4, -0.2) is 23.1 Å². The number of amides is 1. The Morgan fingerprint density at radius 1 is 1.07 bits per heavy atom. The van der Waals surface area contributed by atoms with Crippen LogP contribution in [0.25, 0.3) is 21.8 Å². The van der Waals surface area contributed by atoms with Crippen molar-refractivity contribution in [3.8, 4) is 0 Å². The minimum absolute atomic E-state index is 0.321. The molecule has 4 rings (SSSR count). The predicted molar refractivity (Wildman–Crippen MR) is 107 cm³/mol. The molecular formula is C22H20N2O4. The Hall–Kier alpha value is -3.54. The maximum atomic E-state index is 12.2. The molecule has 1 N–H and O–H groups in total. The number of hydrogen-bond acceptors (Lipinski definition) is 4. The van der Waals surface area contributed by atoms with E-state index in [-0.39, 0.29) is 6.61 Å². The van der Waals surface area contributed by atoms with Crippen molar-refractivity contribution in [3.05, 3.63) is 66.1 Å². The number of fused-ring (bicyclic) bond motifs is 3. The normalized spacial score (nSPS) is 11.1.